The fourth-order valence-electron chi connectivity index (χ4n) is 2.89. The van der Waals surface area contributed by atoms with E-state index in [-0.39, 0.29) is 18.2 Å². The Bertz CT molecular complexity index is 706. The van der Waals surface area contributed by atoms with E-state index in [1.54, 1.807) is 4.57 Å². The van der Waals surface area contributed by atoms with E-state index < -0.39 is 0 Å². The molecule has 2 N–H and O–H groups in total. The minimum absolute atomic E-state index is 0.0100. The van der Waals surface area contributed by atoms with Crippen LogP contribution >= 0.6 is 0 Å². The van der Waals surface area contributed by atoms with Gasteiger partial charge in [0.05, 0.1) is 13.2 Å². The third-order valence-corrected chi connectivity index (χ3v) is 4.13. The Morgan fingerprint density at radius 2 is 2.10 bits per heavy atom. The molecule has 0 amide bonds. The van der Waals surface area contributed by atoms with Crippen molar-refractivity contribution < 1.29 is 4.74 Å². The lowest BCUT2D eigenvalue weighted by atomic mass is 9.97. The van der Waals surface area contributed by atoms with Gasteiger partial charge in [-0.15, -0.1) is 0 Å². The maximum atomic E-state index is 12.4. The van der Waals surface area contributed by atoms with Crippen molar-refractivity contribution in [3.05, 3.63) is 69.1 Å². The quantitative estimate of drug-likeness (QED) is 0.937. The van der Waals surface area contributed by atoms with Gasteiger partial charge in [-0.1, -0.05) is 30.3 Å². The lowest BCUT2D eigenvalue weighted by Crippen LogP contribution is -2.31. The van der Waals surface area contributed by atoms with Crippen molar-refractivity contribution in [1.29, 1.82) is 0 Å². The molecule has 1 aliphatic rings. The number of pyridine rings is 1. The first-order chi connectivity index (χ1) is 10.2. The molecule has 0 aliphatic carbocycles. The molecular weight excluding hydrogens is 264 g/mol. The van der Waals surface area contributed by atoms with E-state index >= 15 is 0 Å². The molecule has 0 saturated heterocycles. The molecule has 110 valence electrons. The topological polar surface area (TPSA) is 57.2 Å². The molecule has 21 heavy (non-hydrogen) atoms. The van der Waals surface area contributed by atoms with Crippen molar-refractivity contribution in [3.8, 4) is 0 Å². The average Bonchev–Trinajstić information content (AvgIpc) is 2.52. The van der Waals surface area contributed by atoms with Crippen molar-refractivity contribution >= 4 is 0 Å². The molecule has 0 spiro atoms. The maximum Gasteiger partial charge on any atom is 0.255 e. The third-order valence-electron chi connectivity index (χ3n) is 4.13. The molecule has 1 atom stereocenters. The molecular formula is C17H20N2O2. The molecule has 1 unspecified atom stereocenters. The highest BCUT2D eigenvalue weighted by atomic mass is 16.5. The number of hydrogen-bond donors (Lipinski definition) is 1. The summed E-state index contributed by atoms with van der Waals surface area (Å²) in [6.45, 7) is 3.44. The van der Waals surface area contributed by atoms with Gasteiger partial charge < -0.3 is 15.0 Å². The molecule has 0 bridgehead atoms. The van der Waals surface area contributed by atoms with Crippen LogP contribution in [0.4, 0.5) is 0 Å². The summed E-state index contributed by atoms with van der Waals surface area (Å²) in [5, 5.41) is 0. The first-order valence-corrected chi connectivity index (χ1v) is 7.29. The highest BCUT2D eigenvalue weighted by molar-refractivity contribution is 5.31. The molecule has 2 heterocycles. The van der Waals surface area contributed by atoms with Crippen molar-refractivity contribution in [2.45, 2.75) is 32.5 Å². The van der Waals surface area contributed by atoms with Crippen molar-refractivity contribution in [3.63, 3.8) is 0 Å². The zero-order valence-corrected chi connectivity index (χ0v) is 12.2. The molecule has 4 heteroatoms. The van der Waals surface area contributed by atoms with Gasteiger partial charge in [0, 0.05) is 17.8 Å². The zero-order valence-electron chi connectivity index (χ0n) is 12.2. The van der Waals surface area contributed by atoms with Crippen LogP contribution in [0.25, 0.3) is 0 Å². The van der Waals surface area contributed by atoms with E-state index in [2.05, 4.69) is 12.1 Å². The predicted molar refractivity (Wildman–Crippen MR) is 82.2 cm³/mol. The fourth-order valence-corrected chi connectivity index (χ4v) is 2.89. The first-order valence-electron chi connectivity index (χ1n) is 7.29. The van der Waals surface area contributed by atoms with Gasteiger partial charge in [-0.05, 0) is 30.5 Å². The lowest BCUT2D eigenvalue weighted by molar-refractivity contribution is 0.0295. The Labute approximate surface area is 124 Å². The Morgan fingerprint density at radius 3 is 2.90 bits per heavy atom. The molecule has 2 aromatic rings. The standard InChI is InChI=1S/C17H20N2O2/c1-12-6-7-14(10-18)17(20)19(12)11-16-15-5-3-2-4-13(15)8-9-21-16/h2-7,16H,8-11,18H2,1H3. The van der Waals surface area contributed by atoms with Crippen LogP contribution in [0.2, 0.25) is 0 Å². The number of nitrogens with zero attached hydrogens (tertiary/aromatic N) is 1. The number of benzene rings is 1. The molecule has 0 saturated carbocycles. The molecule has 1 aliphatic heterocycles. The fraction of sp³-hybridized carbons (Fsp3) is 0.353. The molecule has 0 radical (unpaired) electrons. The summed E-state index contributed by atoms with van der Waals surface area (Å²) < 4.78 is 7.67. The number of aromatic nitrogens is 1. The minimum atomic E-state index is -0.0700. The van der Waals surface area contributed by atoms with Crippen molar-refractivity contribution in [2.75, 3.05) is 6.61 Å². The van der Waals surface area contributed by atoms with Crippen LogP contribution in [-0.2, 0) is 24.2 Å². The van der Waals surface area contributed by atoms with E-state index in [4.69, 9.17) is 10.5 Å². The van der Waals surface area contributed by atoms with Gasteiger partial charge >= 0.3 is 0 Å². The summed E-state index contributed by atoms with van der Waals surface area (Å²) in [5.74, 6) is 0. The van der Waals surface area contributed by atoms with Gasteiger partial charge in [-0.25, -0.2) is 0 Å². The van der Waals surface area contributed by atoms with Crippen LogP contribution in [-0.4, -0.2) is 11.2 Å². The van der Waals surface area contributed by atoms with Gasteiger partial charge in [-0.2, -0.15) is 0 Å². The number of hydrogen-bond acceptors (Lipinski definition) is 3. The monoisotopic (exact) mass is 284 g/mol. The van der Waals surface area contributed by atoms with E-state index in [9.17, 15) is 4.79 Å². The predicted octanol–water partition coefficient (Wildman–Crippen LogP) is 1.93. The van der Waals surface area contributed by atoms with Gasteiger partial charge in [0.15, 0.2) is 0 Å². The summed E-state index contributed by atoms with van der Waals surface area (Å²) in [7, 11) is 0. The smallest absolute Gasteiger partial charge is 0.255 e. The third kappa shape index (κ3) is 2.64. The van der Waals surface area contributed by atoms with Crippen LogP contribution in [0, 0.1) is 6.92 Å². The molecule has 0 fully saturated rings. The minimum Gasteiger partial charge on any atom is -0.371 e. The number of ether oxygens (including phenoxy) is 1. The summed E-state index contributed by atoms with van der Waals surface area (Å²) in [6.07, 6.45) is 0.864. The maximum absolute atomic E-state index is 12.4. The lowest BCUT2D eigenvalue weighted by Gasteiger charge is -2.27. The first kappa shape index (κ1) is 14.0. The van der Waals surface area contributed by atoms with E-state index in [0.717, 1.165) is 12.1 Å². The van der Waals surface area contributed by atoms with Gasteiger partial charge in [0.25, 0.3) is 5.56 Å². The summed E-state index contributed by atoms with van der Waals surface area (Å²) >= 11 is 0. The van der Waals surface area contributed by atoms with E-state index in [0.29, 0.717) is 18.7 Å². The van der Waals surface area contributed by atoms with E-state index in [1.807, 2.05) is 31.2 Å². The van der Waals surface area contributed by atoms with Crippen LogP contribution in [0.5, 0.6) is 0 Å². The summed E-state index contributed by atoms with van der Waals surface area (Å²) in [4.78, 5) is 12.4. The van der Waals surface area contributed by atoms with Gasteiger partial charge in [0.1, 0.15) is 6.10 Å². The van der Waals surface area contributed by atoms with Crippen LogP contribution in [0.15, 0.2) is 41.2 Å². The van der Waals surface area contributed by atoms with Crippen LogP contribution in [0.3, 0.4) is 0 Å². The Morgan fingerprint density at radius 1 is 1.29 bits per heavy atom. The number of rotatable bonds is 3. The van der Waals surface area contributed by atoms with E-state index in [1.165, 1.54) is 11.1 Å². The largest absolute Gasteiger partial charge is 0.371 e. The second-order valence-corrected chi connectivity index (χ2v) is 5.43. The summed E-state index contributed by atoms with van der Waals surface area (Å²) in [6, 6.07) is 12.0. The molecule has 3 rings (SSSR count). The Hall–Kier alpha value is -1.91. The van der Waals surface area contributed by atoms with Crippen molar-refractivity contribution in [2.24, 2.45) is 5.73 Å². The average molecular weight is 284 g/mol. The van der Waals surface area contributed by atoms with Gasteiger partial charge in [0.2, 0.25) is 0 Å². The zero-order chi connectivity index (χ0) is 14.8. The normalized spacial score (nSPS) is 17.5. The van der Waals surface area contributed by atoms with Gasteiger partial charge in [-0.3, -0.25) is 4.79 Å². The second-order valence-electron chi connectivity index (χ2n) is 5.43. The second kappa shape index (κ2) is 5.84. The highest BCUT2D eigenvalue weighted by Crippen LogP contribution is 2.28. The highest BCUT2D eigenvalue weighted by Gasteiger charge is 2.22. The molecule has 1 aromatic carbocycles. The molecule has 1 aromatic heterocycles. The number of nitrogens with two attached hydrogens (primary N) is 1. The van der Waals surface area contributed by atoms with Crippen LogP contribution < -0.4 is 11.3 Å². The summed E-state index contributed by atoms with van der Waals surface area (Å²) in [5.41, 5.74) is 9.70. The Balaban J connectivity index is 1.97. The number of aryl methyl sites for hydroxylation is 1. The molecule has 4 nitrogen and oxygen atoms in total. The van der Waals surface area contributed by atoms with Crippen molar-refractivity contribution in [1.82, 2.24) is 4.57 Å². The number of fused-ring (bicyclic) bond motifs is 1. The SMILES string of the molecule is Cc1ccc(CN)c(=O)n1CC1OCCc2ccccc21. The van der Waals surface area contributed by atoms with Crippen LogP contribution in [0.1, 0.15) is 28.5 Å². The Kier molecular flexibility index (Phi) is 3.90.